The Morgan fingerprint density at radius 3 is 2.27 bits per heavy atom. The fraction of sp³-hybridized carbons (Fsp3) is 1.00. The maximum atomic E-state index is 5.78. The van der Waals surface area contributed by atoms with Gasteiger partial charge in [-0.15, -0.1) is 0 Å². The van der Waals surface area contributed by atoms with Crippen molar-refractivity contribution >= 4 is 0 Å². The topological polar surface area (TPSA) is 26.0 Å². The van der Waals surface area contributed by atoms with Gasteiger partial charge in [-0.3, -0.25) is 0 Å². The van der Waals surface area contributed by atoms with Gasteiger partial charge in [0.2, 0.25) is 0 Å². The summed E-state index contributed by atoms with van der Waals surface area (Å²) in [4.78, 5) is 0. The molecule has 1 nitrogen and oxygen atoms in total. The lowest BCUT2D eigenvalue weighted by atomic mass is 9.85. The Morgan fingerprint density at radius 1 is 1.09 bits per heavy atom. The van der Waals surface area contributed by atoms with Crippen molar-refractivity contribution < 1.29 is 0 Å². The van der Waals surface area contributed by atoms with Crippen molar-refractivity contribution in [3.8, 4) is 0 Å². The first-order valence-electron chi connectivity index (χ1n) is 5.12. The van der Waals surface area contributed by atoms with Crippen molar-refractivity contribution in [2.45, 2.75) is 51.0 Å². The molecule has 0 saturated heterocycles. The third-order valence-corrected chi connectivity index (χ3v) is 3.34. The Balaban J connectivity index is 1.68. The molecule has 64 valence electrons. The van der Waals surface area contributed by atoms with Crippen LogP contribution < -0.4 is 5.73 Å². The van der Waals surface area contributed by atoms with Crippen LogP contribution in [-0.2, 0) is 0 Å². The predicted molar refractivity (Wildman–Crippen MR) is 47.3 cm³/mol. The largest absolute Gasteiger partial charge is 0.327 e. The molecule has 0 heterocycles. The summed E-state index contributed by atoms with van der Waals surface area (Å²) in [5.74, 6) is 1.96. The van der Waals surface area contributed by atoms with Crippen LogP contribution in [0.3, 0.4) is 0 Å². The lowest BCUT2D eigenvalue weighted by molar-refractivity contribution is 0.323. The van der Waals surface area contributed by atoms with E-state index in [0.717, 1.165) is 11.8 Å². The third-order valence-electron chi connectivity index (χ3n) is 3.34. The molecule has 0 radical (unpaired) electrons. The van der Waals surface area contributed by atoms with Crippen LogP contribution in [0.25, 0.3) is 0 Å². The third kappa shape index (κ3) is 1.96. The quantitative estimate of drug-likeness (QED) is 0.647. The molecule has 2 saturated carbocycles. The monoisotopic (exact) mass is 153 g/mol. The molecule has 2 unspecified atom stereocenters. The minimum Gasteiger partial charge on any atom is -0.327 e. The van der Waals surface area contributed by atoms with Crippen LogP contribution >= 0.6 is 0 Å². The van der Waals surface area contributed by atoms with Crippen LogP contribution in [0.15, 0.2) is 0 Å². The van der Waals surface area contributed by atoms with Gasteiger partial charge in [0.15, 0.2) is 0 Å². The van der Waals surface area contributed by atoms with E-state index >= 15 is 0 Å². The van der Waals surface area contributed by atoms with E-state index in [0.29, 0.717) is 6.04 Å². The molecule has 0 aliphatic heterocycles. The molecule has 2 N–H and O–H groups in total. The van der Waals surface area contributed by atoms with E-state index in [2.05, 4.69) is 0 Å². The standard InChI is InChI=1S/C10H19N/c11-10-7-9(10)6-8-4-2-1-3-5-8/h8-10H,1-7,11H2. The average molecular weight is 153 g/mol. The summed E-state index contributed by atoms with van der Waals surface area (Å²) >= 11 is 0. The lowest BCUT2D eigenvalue weighted by Gasteiger charge is -2.21. The molecule has 2 rings (SSSR count). The van der Waals surface area contributed by atoms with E-state index in [9.17, 15) is 0 Å². The van der Waals surface area contributed by atoms with Gasteiger partial charge in [0.25, 0.3) is 0 Å². The van der Waals surface area contributed by atoms with Crippen molar-refractivity contribution in [1.82, 2.24) is 0 Å². The molecule has 0 aromatic rings. The maximum Gasteiger partial charge on any atom is 0.00710 e. The molecule has 2 aliphatic rings. The summed E-state index contributed by atoms with van der Waals surface area (Å²) in [5, 5.41) is 0. The summed E-state index contributed by atoms with van der Waals surface area (Å²) in [7, 11) is 0. The predicted octanol–water partition coefficient (Wildman–Crippen LogP) is 2.30. The van der Waals surface area contributed by atoms with Crippen molar-refractivity contribution in [1.29, 1.82) is 0 Å². The first-order chi connectivity index (χ1) is 5.36. The summed E-state index contributed by atoms with van der Waals surface area (Å²) in [6.45, 7) is 0. The fourth-order valence-corrected chi connectivity index (χ4v) is 2.39. The molecular weight excluding hydrogens is 134 g/mol. The zero-order chi connectivity index (χ0) is 7.68. The molecule has 0 aromatic heterocycles. The highest BCUT2D eigenvalue weighted by atomic mass is 14.7. The second-order valence-corrected chi connectivity index (χ2v) is 4.40. The number of nitrogens with two attached hydrogens (primary N) is 1. The Hall–Kier alpha value is -0.0400. The van der Waals surface area contributed by atoms with E-state index < -0.39 is 0 Å². The SMILES string of the molecule is NC1CC1CC1CCCCC1. The molecule has 11 heavy (non-hydrogen) atoms. The highest BCUT2D eigenvalue weighted by Crippen LogP contribution is 2.38. The fourth-order valence-electron chi connectivity index (χ4n) is 2.39. The van der Waals surface area contributed by atoms with Gasteiger partial charge < -0.3 is 5.73 Å². The van der Waals surface area contributed by atoms with Crippen molar-refractivity contribution in [2.24, 2.45) is 17.6 Å². The van der Waals surface area contributed by atoms with Crippen LogP contribution in [0.2, 0.25) is 0 Å². The zero-order valence-corrected chi connectivity index (χ0v) is 7.26. The van der Waals surface area contributed by atoms with Crippen LogP contribution in [0.1, 0.15) is 44.9 Å². The molecule has 0 spiro atoms. The first-order valence-corrected chi connectivity index (χ1v) is 5.12. The lowest BCUT2D eigenvalue weighted by Crippen LogP contribution is -2.10. The maximum absolute atomic E-state index is 5.78. The minimum atomic E-state index is 0.580. The van der Waals surface area contributed by atoms with Gasteiger partial charge in [-0.25, -0.2) is 0 Å². The normalized spacial score (nSPS) is 39.0. The van der Waals surface area contributed by atoms with E-state index in [1.165, 1.54) is 44.9 Å². The van der Waals surface area contributed by atoms with E-state index in [-0.39, 0.29) is 0 Å². The summed E-state index contributed by atoms with van der Waals surface area (Å²) in [6, 6.07) is 0.580. The molecule has 0 amide bonds. The zero-order valence-electron chi connectivity index (χ0n) is 7.26. The van der Waals surface area contributed by atoms with Crippen LogP contribution in [0.4, 0.5) is 0 Å². The van der Waals surface area contributed by atoms with Gasteiger partial charge in [0.1, 0.15) is 0 Å². The molecular formula is C10H19N. The minimum absolute atomic E-state index is 0.580. The Labute approximate surface area is 69.4 Å². The Bertz CT molecular complexity index is 127. The van der Waals surface area contributed by atoms with Crippen molar-refractivity contribution in [3.05, 3.63) is 0 Å². The second-order valence-electron chi connectivity index (χ2n) is 4.40. The van der Waals surface area contributed by atoms with E-state index in [1.807, 2.05) is 0 Å². The molecule has 0 aromatic carbocycles. The summed E-state index contributed by atoms with van der Waals surface area (Å²) < 4.78 is 0. The first kappa shape index (κ1) is 7.60. The average Bonchev–Trinajstić information content (AvgIpc) is 2.69. The van der Waals surface area contributed by atoms with E-state index in [4.69, 9.17) is 5.73 Å². The van der Waals surface area contributed by atoms with Crippen molar-refractivity contribution in [2.75, 3.05) is 0 Å². The highest BCUT2D eigenvalue weighted by Gasteiger charge is 2.35. The molecule has 1 heteroatoms. The number of hydrogen-bond acceptors (Lipinski definition) is 1. The number of hydrogen-bond donors (Lipinski definition) is 1. The second kappa shape index (κ2) is 3.14. The molecule has 0 bridgehead atoms. The highest BCUT2D eigenvalue weighted by molar-refractivity contribution is 4.91. The summed E-state index contributed by atoms with van der Waals surface area (Å²) in [6.07, 6.45) is 10.2. The molecule has 2 aliphatic carbocycles. The molecule has 2 fully saturated rings. The Kier molecular flexibility index (Phi) is 2.17. The van der Waals surface area contributed by atoms with Gasteiger partial charge in [0.05, 0.1) is 0 Å². The van der Waals surface area contributed by atoms with Gasteiger partial charge in [-0.1, -0.05) is 32.1 Å². The molecule has 2 atom stereocenters. The number of rotatable bonds is 2. The van der Waals surface area contributed by atoms with Gasteiger partial charge in [-0.05, 0) is 24.7 Å². The Morgan fingerprint density at radius 2 is 1.73 bits per heavy atom. The van der Waals surface area contributed by atoms with Crippen LogP contribution in [0, 0.1) is 11.8 Å². The van der Waals surface area contributed by atoms with Gasteiger partial charge >= 0.3 is 0 Å². The van der Waals surface area contributed by atoms with Crippen LogP contribution in [0.5, 0.6) is 0 Å². The van der Waals surface area contributed by atoms with Gasteiger partial charge in [0, 0.05) is 6.04 Å². The summed E-state index contributed by atoms with van der Waals surface area (Å²) in [5.41, 5.74) is 5.78. The smallest absolute Gasteiger partial charge is 0.00710 e. The van der Waals surface area contributed by atoms with E-state index in [1.54, 1.807) is 0 Å². The van der Waals surface area contributed by atoms with Gasteiger partial charge in [-0.2, -0.15) is 0 Å². The van der Waals surface area contributed by atoms with Crippen LogP contribution in [-0.4, -0.2) is 6.04 Å². The van der Waals surface area contributed by atoms with Crippen molar-refractivity contribution in [3.63, 3.8) is 0 Å².